The number of hydrogen-bond donors (Lipinski definition) is 0. The molecule has 104 valence electrons. The molecule has 0 spiro atoms. The van der Waals surface area contributed by atoms with Crippen molar-refractivity contribution in [2.75, 3.05) is 0 Å². The molecule has 5 heteroatoms. The van der Waals surface area contributed by atoms with Gasteiger partial charge in [0.25, 0.3) is 0 Å². The van der Waals surface area contributed by atoms with Gasteiger partial charge in [-0.1, -0.05) is 84.8 Å². The van der Waals surface area contributed by atoms with E-state index in [-0.39, 0.29) is 22.8 Å². The molecule has 0 bridgehead atoms. The third-order valence-electron chi connectivity index (χ3n) is 2.04. The summed E-state index contributed by atoms with van der Waals surface area (Å²) >= 11 is 13.7. The Morgan fingerprint density at radius 3 is 0.882 bits per heavy atom. The second kappa shape index (κ2) is 6.10. The van der Waals surface area contributed by atoms with E-state index in [1.807, 2.05) is 0 Å². The smallest absolute Gasteiger partial charge is 0.0265 e. The van der Waals surface area contributed by atoms with Crippen LogP contribution in [0, 0.1) is 0 Å². The zero-order valence-electron chi connectivity index (χ0n) is 12.6. The Morgan fingerprint density at radius 1 is 0.529 bits per heavy atom. The second-order valence-corrected chi connectivity index (χ2v) is 22.2. The predicted molar refractivity (Wildman–Crippen MR) is 91.7 cm³/mol. The fraction of sp³-hybridized carbons (Fsp3) is 1.00. The van der Waals surface area contributed by atoms with Crippen molar-refractivity contribution in [3.05, 3.63) is 0 Å². The molecular weight excluding hydrogens is 308 g/mol. The highest BCUT2D eigenvalue weighted by atomic mass is 35.7. The molecule has 0 aliphatic heterocycles. The average molecular weight is 335 g/mol. The van der Waals surface area contributed by atoms with Crippen LogP contribution in [0.25, 0.3) is 0 Å². The van der Waals surface area contributed by atoms with Gasteiger partial charge < -0.3 is 0 Å². The summed E-state index contributed by atoms with van der Waals surface area (Å²) in [6.45, 7) is 19.3. The maximum atomic E-state index is 6.83. The Bertz CT molecular complexity index is 228. The number of rotatable bonds is 2. The van der Waals surface area contributed by atoms with Crippen LogP contribution in [0.4, 0.5) is 0 Å². The van der Waals surface area contributed by atoms with Crippen molar-refractivity contribution in [2.24, 2.45) is 0 Å². The van der Waals surface area contributed by atoms with Crippen molar-refractivity contribution in [3.8, 4) is 0 Å². The van der Waals surface area contributed by atoms with Gasteiger partial charge in [0.2, 0.25) is 0 Å². The zero-order valence-corrected chi connectivity index (χ0v) is 16.8. The molecule has 17 heavy (non-hydrogen) atoms. The summed E-state index contributed by atoms with van der Waals surface area (Å²) in [5, 5.41) is 0.587. The van der Waals surface area contributed by atoms with E-state index in [0.717, 1.165) is 0 Å². The van der Waals surface area contributed by atoms with Crippen LogP contribution in [-0.4, -0.2) is 15.5 Å². The minimum atomic E-state index is -0.543. The molecule has 0 amide bonds. The molecule has 2 unspecified atom stereocenters. The summed E-state index contributed by atoms with van der Waals surface area (Å²) in [4.78, 5) is 0. The van der Waals surface area contributed by atoms with E-state index in [2.05, 4.69) is 62.3 Å². The van der Waals surface area contributed by atoms with E-state index < -0.39 is 13.9 Å². The largest absolute Gasteiger partial charge is 0.0903 e. The molecule has 0 heterocycles. The highest BCUT2D eigenvalue weighted by Gasteiger charge is 2.45. The van der Waals surface area contributed by atoms with Crippen LogP contribution in [-0.2, 0) is 0 Å². The van der Waals surface area contributed by atoms with Crippen LogP contribution in [0.3, 0.4) is 0 Å². The summed E-state index contributed by atoms with van der Waals surface area (Å²) in [5.41, 5.74) is 0. The van der Waals surface area contributed by atoms with Crippen molar-refractivity contribution < 1.29 is 0 Å². The molecule has 0 nitrogen and oxygen atoms in total. The van der Waals surface area contributed by atoms with Gasteiger partial charge in [-0.15, -0.1) is 0 Å². The summed E-state index contributed by atoms with van der Waals surface area (Å²) < 4.78 is 0. The fourth-order valence-electron chi connectivity index (χ4n) is 1.16. The van der Waals surface area contributed by atoms with Gasteiger partial charge in [-0.2, -0.15) is 0 Å². The topological polar surface area (TPSA) is 0 Å². The first-order valence-electron chi connectivity index (χ1n) is 5.91. The summed E-state index contributed by atoms with van der Waals surface area (Å²) in [6, 6.07) is 0. The maximum absolute atomic E-state index is 6.83. The SMILES string of the molecule is CC(C)(C)P(Cl)P(P(Cl)C(C)(C)C)C(C)(C)C. The maximum Gasteiger partial charge on any atom is 0.0265 e. The number of halogens is 2. The van der Waals surface area contributed by atoms with Crippen LogP contribution < -0.4 is 0 Å². The summed E-state index contributed by atoms with van der Waals surface area (Å²) in [7, 11) is -0.340. The molecule has 0 radical (unpaired) electrons. The highest BCUT2D eigenvalue weighted by Crippen LogP contribution is 2.99. The lowest BCUT2D eigenvalue weighted by Gasteiger charge is -2.46. The molecule has 0 aliphatic carbocycles. The van der Waals surface area contributed by atoms with Gasteiger partial charge in [0.05, 0.1) is 0 Å². The Balaban J connectivity index is 5.32. The minimum Gasteiger partial charge on any atom is -0.0903 e. The van der Waals surface area contributed by atoms with Crippen LogP contribution in [0.15, 0.2) is 0 Å². The lowest BCUT2D eigenvalue weighted by Crippen LogP contribution is -2.18. The van der Waals surface area contributed by atoms with Crippen molar-refractivity contribution in [3.63, 3.8) is 0 Å². The third kappa shape index (κ3) is 5.79. The van der Waals surface area contributed by atoms with Crippen molar-refractivity contribution in [1.82, 2.24) is 0 Å². The van der Waals surface area contributed by atoms with Crippen LogP contribution in [0.2, 0.25) is 0 Å². The van der Waals surface area contributed by atoms with Gasteiger partial charge in [0.15, 0.2) is 0 Å². The van der Waals surface area contributed by atoms with Crippen LogP contribution in [0.5, 0.6) is 0 Å². The van der Waals surface area contributed by atoms with Gasteiger partial charge in [-0.3, -0.25) is 0 Å². The van der Waals surface area contributed by atoms with E-state index in [1.165, 1.54) is 0 Å². The second-order valence-electron chi connectivity index (χ2n) is 7.32. The molecule has 2 atom stereocenters. The standard InChI is InChI=1S/C12H27Cl2P3/c1-10(2,3)15(13)17(12(7,8)9)16(14)11(4,5)6/h1-9H3. The molecule has 0 aromatic carbocycles. The molecule has 0 saturated heterocycles. The molecule has 0 fully saturated rings. The van der Waals surface area contributed by atoms with Crippen molar-refractivity contribution in [2.45, 2.75) is 77.8 Å². The van der Waals surface area contributed by atoms with E-state index in [0.29, 0.717) is 0 Å². The average Bonchev–Trinajstić information content (AvgIpc) is 1.97. The Labute approximate surface area is 121 Å². The van der Waals surface area contributed by atoms with E-state index in [1.54, 1.807) is 0 Å². The normalized spacial score (nSPS) is 19.9. The van der Waals surface area contributed by atoms with Crippen molar-refractivity contribution in [1.29, 1.82) is 0 Å². The predicted octanol–water partition coefficient (Wildman–Crippen LogP) is 7.97. The number of hydrogen-bond acceptors (Lipinski definition) is 0. The first-order valence-corrected chi connectivity index (χ1v) is 13.2. The molecule has 0 rings (SSSR count). The van der Waals surface area contributed by atoms with Gasteiger partial charge in [-0.05, 0) is 12.5 Å². The summed E-state index contributed by atoms with van der Waals surface area (Å²) in [6.07, 6.45) is 0. The van der Waals surface area contributed by atoms with Crippen LogP contribution >= 0.6 is 43.7 Å². The molecule has 0 aromatic heterocycles. The van der Waals surface area contributed by atoms with Gasteiger partial charge in [-0.25, -0.2) is 0 Å². The van der Waals surface area contributed by atoms with Crippen LogP contribution in [0.1, 0.15) is 62.3 Å². The molecule has 0 N–H and O–H groups in total. The Hall–Kier alpha value is 1.87. The quantitative estimate of drug-likeness (QED) is 0.449. The molecule has 0 aliphatic rings. The third-order valence-corrected chi connectivity index (χ3v) is 26.2. The Kier molecular flexibility index (Phi) is 6.77. The van der Waals surface area contributed by atoms with Gasteiger partial charge >= 0.3 is 0 Å². The zero-order chi connectivity index (χ0) is 14.2. The lowest BCUT2D eigenvalue weighted by atomic mass is 10.3. The van der Waals surface area contributed by atoms with E-state index in [4.69, 9.17) is 22.5 Å². The van der Waals surface area contributed by atoms with Gasteiger partial charge in [0.1, 0.15) is 0 Å². The molecular formula is C12H27Cl2P3. The first-order chi connectivity index (χ1) is 7.19. The lowest BCUT2D eigenvalue weighted by molar-refractivity contribution is 0.778. The van der Waals surface area contributed by atoms with Gasteiger partial charge in [0, 0.05) is 24.2 Å². The minimum absolute atomic E-state index is 0.177. The van der Waals surface area contributed by atoms with E-state index in [9.17, 15) is 0 Å². The fourth-order valence-corrected chi connectivity index (χ4v) is 25.2. The summed E-state index contributed by atoms with van der Waals surface area (Å²) in [5.74, 6) is 0. The first kappa shape index (κ1) is 18.9. The highest BCUT2D eigenvalue weighted by molar-refractivity contribution is 8.71. The Morgan fingerprint density at radius 2 is 0.765 bits per heavy atom. The van der Waals surface area contributed by atoms with E-state index >= 15 is 0 Å². The molecule has 0 saturated carbocycles. The monoisotopic (exact) mass is 334 g/mol. The van der Waals surface area contributed by atoms with Crippen molar-refractivity contribution >= 4 is 43.7 Å². The molecule has 0 aromatic rings.